The van der Waals surface area contributed by atoms with Gasteiger partial charge in [0.15, 0.2) is 4.77 Å². The van der Waals surface area contributed by atoms with Crippen LogP contribution in [0.4, 0.5) is 4.39 Å². The monoisotopic (exact) mass is 421 g/mol. The number of rotatable bonds is 5. The molecule has 4 aromatic rings. The molecule has 1 amide bonds. The first kappa shape index (κ1) is 19.8. The van der Waals surface area contributed by atoms with Gasteiger partial charge in [0, 0.05) is 29.7 Å². The Labute approximate surface area is 178 Å². The Balaban J connectivity index is 1.58. The molecule has 0 radical (unpaired) electrons. The number of imidazole rings is 1. The second-order valence-electron chi connectivity index (χ2n) is 6.87. The first-order valence-corrected chi connectivity index (χ1v) is 9.81. The fourth-order valence-electron chi connectivity index (χ4n) is 3.39. The molecule has 4 rings (SSSR count). The smallest absolute Gasteiger partial charge is 0.270 e. The summed E-state index contributed by atoms with van der Waals surface area (Å²) in [5.41, 5.74) is 4.68. The van der Waals surface area contributed by atoms with Crippen molar-refractivity contribution < 1.29 is 9.18 Å². The number of aromatic amines is 1. The van der Waals surface area contributed by atoms with Crippen molar-refractivity contribution in [2.45, 2.75) is 20.4 Å². The minimum atomic E-state index is -0.354. The molecule has 0 unspecified atom stereocenters. The number of nitrogens with zero attached hydrogens (tertiary/aromatic N) is 3. The zero-order chi connectivity index (χ0) is 21.3. The number of aryl methyl sites for hydroxylation is 1. The molecule has 0 atom stereocenters. The summed E-state index contributed by atoms with van der Waals surface area (Å²) >= 11 is 5.30. The van der Waals surface area contributed by atoms with E-state index in [1.165, 1.54) is 12.1 Å². The lowest BCUT2D eigenvalue weighted by Crippen LogP contribution is -2.25. The van der Waals surface area contributed by atoms with E-state index < -0.39 is 0 Å². The van der Waals surface area contributed by atoms with Crippen LogP contribution in [0.25, 0.3) is 11.4 Å². The molecule has 6 nitrogen and oxygen atoms in total. The van der Waals surface area contributed by atoms with E-state index in [4.69, 9.17) is 12.2 Å². The van der Waals surface area contributed by atoms with Crippen molar-refractivity contribution >= 4 is 18.1 Å². The molecule has 0 bridgehead atoms. The average Bonchev–Trinajstić information content (AvgIpc) is 3.27. The summed E-state index contributed by atoms with van der Waals surface area (Å²) in [6.45, 7) is 4.22. The zero-order valence-corrected chi connectivity index (χ0v) is 17.3. The third-order valence-corrected chi connectivity index (χ3v) is 5.26. The van der Waals surface area contributed by atoms with Crippen LogP contribution in [-0.4, -0.2) is 25.2 Å². The molecule has 2 aromatic heterocycles. The number of carbonyl (C=O) groups excluding carboxylic acids is 1. The lowest BCUT2D eigenvalue weighted by molar-refractivity contribution is 0.0944. The number of para-hydroxylation sites is 1. The highest BCUT2D eigenvalue weighted by Crippen LogP contribution is 2.18. The molecule has 0 aliphatic rings. The van der Waals surface area contributed by atoms with E-state index in [2.05, 4.69) is 15.4 Å². The summed E-state index contributed by atoms with van der Waals surface area (Å²) in [6, 6.07) is 15.7. The minimum Gasteiger partial charge on any atom is -0.346 e. The Morgan fingerprint density at radius 1 is 1.10 bits per heavy atom. The molecule has 30 heavy (non-hydrogen) atoms. The van der Waals surface area contributed by atoms with Crippen LogP contribution in [0, 0.1) is 24.4 Å². The third kappa shape index (κ3) is 3.69. The molecule has 152 valence electrons. The Bertz CT molecular complexity index is 1260. The maximum Gasteiger partial charge on any atom is 0.270 e. The van der Waals surface area contributed by atoms with Gasteiger partial charge in [0.25, 0.3) is 5.91 Å². The van der Waals surface area contributed by atoms with Crippen LogP contribution >= 0.6 is 12.2 Å². The molecule has 0 spiro atoms. The molecule has 0 aliphatic carbocycles. The van der Waals surface area contributed by atoms with E-state index in [-0.39, 0.29) is 11.7 Å². The maximum atomic E-state index is 13.3. The Hall–Kier alpha value is -3.52. The van der Waals surface area contributed by atoms with Crippen LogP contribution in [0.3, 0.4) is 0 Å². The van der Waals surface area contributed by atoms with Crippen molar-refractivity contribution in [3.63, 3.8) is 0 Å². The van der Waals surface area contributed by atoms with Gasteiger partial charge in [0.05, 0.1) is 11.4 Å². The fraction of sp³-hybridized carbons (Fsp3) is 0.136. The molecule has 0 saturated heterocycles. The van der Waals surface area contributed by atoms with E-state index >= 15 is 0 Å². The van der Waals surface area contributed by atoms with E-state index in [1.54, 1.807) is 22.9 Å². The van der Waals surface area contributed by atoms with Crippen molar-refractivity contribution in [3.05, 3.63) is 94.0 Å². The predicted octanol–water partition coefficient (Wildman–Crippen LogP) is 4.41. The lowest BCUT2D eigenvalue weighted by Gasteiger charge is -2.10. The largest absolute Gasteiger partial charge is 0.346 e. The van der Waals surface area contributed by atoms with Gasteiger partial charge in [-0.15, -0.1) is 0 Å². The van der Waals surface area contributed by atoms with Crippen LogP contribution in [0.5, 0.6) is 0 Å². The number of amides is 1. The van der Waals surface area contributed by atoms with Crippen LogP contribution in [-0.2, 0) is 6.54 Å². The second-order valence-corrected chi connectivity index (χ2v) is 7.26. The van der Waals surface area contributed by atoms with E-state index in [0.29, 0.717) is 22.7 Å². The van der Waals surface area contributed by atoms with Crippen molar-refractivity contribution in [3.8, 4) is 11.4 Å². The highest BCUT2D eigenvalue weighted by molar-refractivity contribution is 7.71. The number of halogens is 1. The molecule has 2 heterocycles. The van der Waals surface area contributed by atoms with Crippen molar-refractivity contribution in [1.29, 1.82) is 0 Å². The van der Waals surface area contributed by atoms with Gasteiger partial charge in [-0.1, -0.05) is 18.2 Å². The van der Waals surface area contributed by atoms with Gasteiger partial charge < -0.3 is 10.3 Å². The Morgan fingerprint density at radius 2 is 1.80 bits per heavy atom. The highest BCUT2D eigenvalue weighted by atomic mass is 32.1. The van der Waals surface area contributed by atoms with Gasteiger partial charge in [-0.05, 0) is 62.5 Å². The van der Waals surface area contributed by atoms with Gasteiger partial charge in [-0.2, -0.15) is 5.10 Å². The normalized spacial score (nSPS) is 10.9. The molecular weight excluding hydrogens is 401 g/mol. The molecule has 2 N–H and O–H groups in total. The summed E-state index contributed by atoms with van der Waals surface area (Å²) in [7, 11) is 0. The van der Waals surface area contributed by atoms with E-state index in [0.717, 1.165) is 22.6 Å². The summed E-state index contributed by atoms with van der Waals surface area (Å²) < 4.78 is 17.1. The van der Waals surface area contributed by atoms with Gasteiger partial charge in [-0.3, -0.25) is 9.36 Å². The number of carbonyl (C=O) groups is 1. The minimum absolute atomic E-state index is 0.294. The predicted molar refractivity (Wildman–Crippen MR) is 115 cm³/mol. The number of nitrogens with one attached hydrogen (secondary N) is 2. The lowest BCUT2D eigenvalue weighted by atomic mass is 10.2. The standard InChI is InChI=1S/C22H20FN5OS/c1-14-19(15(2)28(26-14)18-6-4-3-5-7-18)12-24-21(29)20-13-25-22(30)27(20)17-10-8-16(23)9-11-17/h3-11,13H,12H2,1-2H3,(H,24,29)(H,25,30). The van der Waals surface area contributed by atoms with Crippen LogP contribution in [0.2, 0.25) is 0 Å². The van der Waals surface area contributed by atoms with Crippen LogP contribution in [0.1, 0.15) is 27.4 Å². The first-order chi connectivity index (χ1) is 14.5. The summed E-state index contributed by atoms with van der Waals surface area (Å²) in [5.74, 6) is -0.647. The molecule has 8 heteroatoms. The number of H-pyrrole nitrogens is 1. The van der Waals surface area contributed by atoms with Crippen molar-refractivity contribution in [1.82, 2.24) is 24.6 Å². The number of hydrogen-bond acceptors (Lipinski definition) is 3. The summed E-state index contributed by atoms with van der Waals surface area (Å²) in [6.07, 6.45) is 1.55. The molecule has 2 aromatic carbocycles. The van der Waals surface area contributed by atoms with Gasteiger partial charge in [-0.25, -0.2) is 9.07 Å². The number of hydrogen-bond donors (Lipinski definition) is 2. The van der Waals surface area contributed by atoms with Crippen molar-refractivity contribution in [2.24, 2.45) is 0 Å². The first-order valence-electron chi connectivity index (χ1n) is 9.41. The van der Waals surface area contributed by atoms with E-state index in [9.17, 15) is 9.18 Å². The Morgan fingerprint density at radius 3 is 2.50 bits per heavy atom. The van der Waals surface area contributed by atoms with E-state index in [1.807, 2.05) is 48.9 Å². The number of aromatic nitrogens is 4. The van der Waals surface area contributed by atoms with Crippen LogP contribution in [0.15, 0.2) is 60.8 Å². The molecule has 0 saturated carbocycles. The topological polar surface area (TPSA) is 67.6 Å². The van der Waals surface area contributed by atoms with Crippen LogP contribution < -0.4 is 5.32 Å². The van der Waals surface area contributed by atoms with Gasteiger partial charge in [0.2, 0.25) is 0 Å². The second kappa shape index (κ2) is 8.08. The average molecular weight is 422 g/mol. The number of benzene rings is 2. The molecule has 0 fully saturated rings. The quantitative estimate of drug-likeness (QED) is 0.469. The zero-order valence-electron chi connectivity index (χ0n) is 16.5. The van der Waals surface area contributed by atoms with Gasteiger partial charge >= 0.3 is 0 Å². The Kier molecular flexibility index (Phi) is 5.33. The third-order valence-electron chi connectivity index (χ3n) is 4.96. The summed E-state index contributed by atoms with van der Waals surface area (Å²) in [5, 5.41) is 7.55. The van der Waals surface area contributed by atoms with Gasteiger partial charge in [0.1, 0.15) is 11.5 Å². The SMILES string of the molecule is Cc1nn(-c2ccccc2)c(C)c1CNC(=O)c1c[nH]c(=S)n1-c1ccc(F)cc1. The summed E-state index contributed by atoms with van der Waals surface area (Å²) in [4.78, 5) is 15.8. The fourth-order valence-corrected chi connectivity index (χ4v) is 3.66. The molecule has 0 aliphatic heterocycles. The maximum absolute atomic E-state index is 13.3. The molecular formula is C22H20FN5OS. The van der Waals surface area contributed by atoms with Crippen molar-refractivity contribution in [2.75, 3.05) is 0 Å². The highest BCUT2D eigenvalue weighted by Gasteiger charge is 2.17.